The normalized spacial score (nSPS) is 11.0. The molecule has 3 aromatic heterocycles. The van der Waals surface area contributed by atoms with Crippen LogP contribution < -0.4 is 0 Å². The highest BCUT2D eigenvalue weighted by Crippen LogP contribution is 2.31. The number of aromatic nitrogens is 4. The number of carbonyl (C=O) groups excluding carboxylic acids is 1. The molecular formula is C22H17FN4O2. The highest BCUT2D eigenvalue weighted by molar-refractivity contribution is 6.12. The first kappa shape index (κ1) is 18.6. The van der Waals surface area contributed by atoms with Crippen LogP contribution in [-0.2, 0) is 0 Å². The second-order valence-corrected chi connectivity index (χ2v) is 6.80. The molecule has 4 aromatic rings. The van der Waals surface area contributed by atoms with Crippen LogP contribution in [0.4, 0.5) is 4.39 Å². The summed E-state index contributed by atoms with van der Waals surface area (Å²) in [4.78, 5) is 25.8. The van der Waals surface area contributed by atoms with Crippen LogP contribution in [0.1, 0.15) is 41.4 Å². The van der Waals surface area contributed by atoms with E-state index in [9.17, 15) is 9.18 Å². The number of benzene rings is 1. The molecule has 29 heavy (non-hydrogen) atoms. The van der Waals surface area contributed by atoms with Gasteiger partial charge in [0.15, 0.2) is 17.4 Å². The quantitative estimate of drug-likeness (QED) is 0.462. The van der Waals surface area contributed by atoms with E-state index in [0.29, 0.717) is 39.5 Å². The number of ketones is 1. The minimum atomic E-state index is -0.326. The third kappa shape index (κ3) is 3.67. The van der Waals surface area contributed by atoms with Crippen LogP contribution in [0.15, 0.2) is 65.7 Å². The van der Waals surface area contributed by atoms with Gasteiger partial charge in [-0.2, -0.15) is 0 Å². The molecule has 0 saturated heterocycles. The number of pyridine rings is 1. The molecule has 0 radical (unpaired) electrons. The van der Waals surface area contributed by atoms with Gasteiger partial charge in [-0.3, -0.25) is 9.78 Å². The summed E-state index contributed by atoms with van der Waals surface area (Å²) in [7, 11) is 0. The van der Waals surface area contributed by atoms with Gasteiger partial charge in [-0.1, -0.05) is 19.0 Å². The molecule has 0 aliphatic carbocycles. The molecule has 0 amide bonds. The predicted octanol–water partition coefficient (Wildman–Crippen LogP) is 4.69. The summed E-state index contributed by atoms with van der Waals surface area (Å²) in [5.41, 5.74) is 2.45. The summed E-state index contributed by atoms with van der Waals surface area (Å²) in [5, 5.41) is 4.12. The first-order valence-corrected chi connectivity index (χ1v) is 9.07. The number of halogens is 1. The second kappa shape index (κ2) is 7.71. The average molecular weight is 388 g/mol. The standard InChI is InChI=1S/C22H17FN4O2/c1-13(2)21-18(20(28)15-4-3-9-24-10-15)19(27-29-21)16-11-25-22(26-12-16)14-5-7-17(23)8-6-14/h3-13H,1-2H3. The van der Waals surface area contributed by atoms with Crippen molar-refractivity contribution in [2.24, 2.45) is 0 Å². The van der Waals surface area contributed by atoms with Crippen LogP contribution in [0.3, 0.4) is 0 Å². The van der Waals surface area contributed by atoms with Gasteiger partial charge < -0.3 is 4.52 Å². The van der Waals surface area contributed by atoms with E-state index in [1.807, 2.05) is 13.8 Å². The van der Waals surface area contributed by atoms with E-state index in [0.717, 1.165) is 0 Å². The molecular weight excluding hydrogens is 371 g/mol. The Hall–Kier alpha value is -3.74. The zero-order chi connectivity index (χ0) is 20.4. The van der Waals surface area contributed by atoms with Crippen LogP contribution in [0.2, 0.25) is 0 Å². The molecule has 4 rings (SSSR count). The lowest BCUT2D eigenvalue weighted by molar-refractivity contribution is 0.103. The van der Waals surface area contributed by atoms with Crippen molar-refractivity contribution in [3.63, 3.8) is 0 Å². The molecule has 7 heteroatoms. The molecule has 144 valence electrons. The van der Waals surface area contributed by atoms with E-state index in [4.69, 9.17) is 4.52 Å². The maximum absolute atomic E-state index is 13.1. The molecule has 0 spiro atoms. The van der Waals surface area contributed by atoms with E-state index in [1.54, 1.807) is 42.9 Å². The third-order valence-electron chi connectivity index (χ3n) is 4.42. The van der Waals surface area contributed by atoms with Crippen LogP contribution in [0.25, 0.3) is 22.6 Å². The van der Waals surface area contributed by atoms with E-state index < -0.39 is 0 Å². The molecule has 1 aromatic carbocycles. The average Bonchev–Trinajstić information content (AvgIpc) is 3.20. The highest BCUT2D eigenvalue weighted by atomic mass is 19.1. The lowest BCUT2D eigenvalue weighted by atomic mass is 9.96. The largest absolute Gasteiger partial charge is 0.360 e. The molecule has 0 N–H and O–H groups in total. The Morgan fingerprint density at radius 1 is 1.00 bits per heavy atom. The van der Waals surface area contributed by atoms with Crippen LogP contribution >= 0.6 is 0 Å². The van der Waals surface area contributed by atoms with Crippen molar-refractivity contribution in [1.29, 1.82) is 0 Å². The number of rotatable bonds is 5. The minimum Gasteiger partial charge on any atom is -0.360 e. The van der Waals surface area contributed by atoms with Gasteiger partial charge in [0.1, 0.15) is 11.5 Å². The number of carbonyl (C=O) groups is 1. The summed E-state index contributed by atoms with van der Waals surface area (Å²) in [6.07, 6.45) is 6.27. The van der Waals surface area contributed by atoms with Crippen LogP contribution in [0.5, 0.6) is 0 Å². The molecule has 0 fully saturated rings. The maximum atomic E-state index is 13.1. The zero-order valence-corrected chi connectivity index (χ0v) is 15.8. The van der Waals surface area contributed by atoms with Crippen molar-refractivity contribution in [3.8, 4) is 22.6 Å². The van der Waals surface area contributed by atoms with Gasteiger partial charge >= 0.3 is 0 Å². The van der Waals surface area contributed by atoms with Gasteiger partial charge in [-0.05, 0) is 36.4 Å². The topological polar surface area (TPSA) is 81.8 Å². The van der Waals surface area contributed by atoms with E-state index in [2.05, 4.69) is 20.1 Å². The summed E-state index contributed by atoms with van der Waals surface area (Å²) >= 11 is 0. The minimum absolute atomic E-state index is 0.0359. The molecule has 0 saturated carbocycles. The Balaban J connectivity index is 1.75. The lowest BCUT2D eigenvalue weighted by Gasteiger charge is -2.06. The fraction of sp³-hybridized carbons (Fsp3) is 0.136. The van der Waals surface area contributed by atoms with Gasteiger partial charge in [0.2, 0.25) is 0 Å². The van der Waals surface area contributed by atoms with Gasteiger partial charge in [0.05, 0.1) is 5.56 Å². The molecule has 0 aliphatic rings. The fourth-order valence-corrected chi connectivity index (χ4v) is 2.95. The number of nitrogens with zero attached hydrogens (tertiary/aromatic N) is 4. The molecule has 0 atom stereocenters. The fourth-order valence-electron chi connectivity index (χ4n) is 2.95. The molecule has 0 unspecified atom stereocenters. The zero-order valence-electron chi connectivity index (χ0n) is 15.8. The SMILES string of the molecule is CC(C)c1onc(-c2cnc(-c3ccc(F)cc3)nc2)c1C(=O)c1cccnc1. The van der Waals surface area contributed by atoms with Gasteiger partial charge in [0, 0.05) is 47.4 Å². The van der Waals surface area contributed by atoms with Crippen molar-refractivity contribution in [2.75, 3.05) is 0 Å². The van der Waals surface area contributed by atoms with Crippen molar-refractivity contribution in [3.05, 3.63) is 83.9 Å². The second-order valence-electron chi connectivity index (χ2n) is 6.80. The highest BCUT2D eigenvalue weighted by Gasteiger charge is 2.27. The van der Waals surface area contributed by atoms with E-state index >= 15 is 0 Å². The monoisotopic (exact) mass is 388 g/mol. The third-order valence-corrected chi connectivity index (χ3v) is 4.42. The van der Waals surface area contributed by atoms with Crippen molar-refractivity contribution < 1.29 is 13.7 Å². The number of hydrogen-bond donors (Lipinski definition) is 0. The van der Waals surface area contributed by atoms with Crippen LogP contribution in [0, 0.1) is 5.82 Å². The van der Waals surface area contributed by atoms with E-state index in [-0.39, 0.29) is 17.5 Å². The van der Waals surface area contributed by atoms with Crippen LogP contribution in [-0.4, -0.2) is 25.9 Å². The summed E-state index contributed by atoms with van der Waals surface area (Å²) < 4.78 is 18.6. The summed E-state index contributed by atoms with van der Waals surface area (Å²) in [6.45, 7) is 3.86. The Morgan fingerprint density at radius 2 is 1.72 bits per heavy atom. The van der Waals surface area contributed by atoms with Gasteiger partial charge in [-0.25, -0.2) is 14.4 Å². The molecule has 0 bridgehead atoms. The maximum Gasteiger partial charge on any atom is 0.200 e. The first-order valence-electron chi connectivity index (χ1n) is 9.07. The number of hydrogen-bond acceptors (Lipinski definition) is 6. The Kier molecular flexibility index (Phi) is 4.95. The van der Waals surface area contributed by atoms with Crippen molar-refractivity contribution in [1.82, 2.24) is 20.1 Å². The molecule has 3 heterocycles. The van der Waals surface area contributed by atoms with E-state index in [1.165, 1.54) is 18.3 Å². The molecule has 0 aliphatic heterocycles. The Morgan fingerprint density at radius 3 is 2.34 bits per heavy atom. The summed E-state index contributed by atoms with van der Waals surface area (Å²) in [5.74, 6) is 0.359. The first-order chi connectivity index (χ1) is 14.0. The molecule has 6 nitrogen and oxygen atoms in total. The smallest absolute Gasteiger partial charge is 0.200 e. The van der Waals surface area contributed by atoms with Gasteiger partial charge in [0.25, 0.3) is 0 Å². The Bertz CT molecular complexity index is 1140. The predicted molar refractivity (Wildman–Crippen MR) is 105 cm³/mol. The Labute approximate surface area is 166 Å². The summed E-state index contributed by atoms with van der Waals surface area (Å²) in [6, 6.07) is 9.32. The van der Waals surface area contributed by atoms with Crippen molar-refractivity contribution in [2.45, 2.75) is 19.8 Å². The van der Waals surface area contributed by atoms with Gasteiger partial charge in [-0.15, -0.1) is 0 Å². The lowest BCUT2D eigenvalue weighted by Crippen LogP contribution is -2.06. The van der Waals surface area contributed by atoms with Crippen molar-refractivity contribution >= 4 is 5.78 Å².